The molecule has 0 aliphatic heterocycles. The molecule has 0 spiro atoms. The highest BCUT2D eigenvalue weighted by atomic mass is 16.6. The summed E-state index contributed by atoms with van der Waals surface area (Å²) in [7, 11) is 0. The number of rotatable bonds is 7. The van der Waals surface area contributed by atoms with E-state index in [2.05, 4.69) is 13.2 Å². The molecule has 0 aromatic carbocycles. The van der Waals surface area contributed by atoms with Crippen LogP contribution in [0.4, 0.5) is 0 Å². The highest BCUT2D eigenvalue weighted by molar-refractivity contribution is 5.81. The van der Waals surface area contributed by atoms with E-state index in [-0.39, 0.29) is 5.97 Å². The number of ether oxygens (including phenoxy) is 2. The van der Waals surface area contributed by atoms with E-state index in [0.717, 1.165) is 17.8 Å². The second kappa shape index (κ2) is 6.55. The molecular formula is C18H26O4. The quantitative estimate of drug-likeness (QED) is 0.340. The molecule has 7 unspecified atom stereocenters. The fourth-order valence-electron chi connectivity index (χ4n) is 5.20. The van der Waals surface area contributed by atoms with Gasteiger partial charge in [-0.25, -0.2) is 4.79 Å². The Morgan fingerprint density at radius 3 is 2.64 bits per heavy atom. The first kappa shape index (κ1) is 15.8. The molecule has 3 aliphatic carbocycles. The van der Waals surface area contributed by atoms with Crippen molar-refractivity contribution in [3.63, 3.8) is 0 Å². The van der Waals surface area contributed by atoms with Gasteiger partial charge in [0, 0.05) is 6.08 Å². The van der Waals surface area contributed by atoms with Gasteiger partial charge in [0.15, 0.2) is 6.29 Å². The lowest BCUT2D eigenvalue weighted by atomic mass is 9.76. The highest BCUT2D eigenvalue weighted by Crippen LogP contribution is 2.62. The largest absolute Gasteiger partial charge is 0.462 e. The third-order valence-electron chi connectivity index (χ3n) is 6.01. The van der Waals surface area contributed by atoms with Crippen molar-refractivity contribution < 1.29 is 19.4 Å². The predicted molar refractivity (Wildman–Crippen MR) is 82.7 cm³/mol. The zero-order valence-corrected chi connectivity index (χ0v) is 13.0. The summed E-state index contributed by atoms with van der Waals surface area (Å²) in [5.41, 5.74) is 0. The van der Waals surface area contributed by atoms with Crippen molar-refractivity contribution in [3.05, 3.63) is 25.3 Å². The summed E-state index contributed by atoms with van der Waals surface area (Å²) in [5, 5.41) is 9.43. The van der Waals surface area contributed by atoms with Crippen LogP contribution in [-0.2, 0) is 14.3 Å². The molecule has 0 heterocycles. The zero-order chi connectivity index (χ0) is 15.7. The molecule has 3 rings (SSSR count). The Morgan fingerprint density at radius 1 is 1.14 bits per heavy atom. The molecule has 3 aliphatic rings. The SMILES string of the molecule is C=CC(=O)OCC1CC2CC1C1CC(COC(O)C=C)CC21. The minimum Gasteiger partial charge on any atom is -0.462 e. The molecule has 3 fully saturated rings. The van der Waals surface area contributed by atoms with E-state index in [1.54, 1.807) is 0 Å². The molecule has 4 nitrogen and oxygen atoms in total. The van der Waals surface area contributed by atoms with Gasteiger partial charge < -0.3 is 14.6 Å². The second-order valence-electron chi connectivity index (χ2n) is 7.11. The molecule has 2 bridgehead atoms. The molecule has 0 radical (unpaired) electrons. The Bertz CT molecular complexity index is 446. The highest BCUT2D eigenvalue weighted by Gasteiger charge is 2.55. The van der Waals surface area contributed by atoms with Crippen molar-refractivity contribution in [2.75, 3.05) is 13.2 Å². The van der Waals surface area contributed by atoms with Crippen LogP contribution in [0, 0.1) is 35.5 Å². The molecule has 3 saturated carbocycles. The van der Waals surface area contributed by atoms with Gasteiger partial charge in [-0.1, -0.05) is 13.2 Å². The van der Waals surface area contributed by atoms with Gasteiger partial charge in [-0.15, -0.1) is 0 Å². The van der Waals surface area contributed by atoms with Crippen LogP contribution in [0.1, 0.15) is 25.7 Å². The summed E-state index contributed by atoms with van der Waals surface area (Å²) in [5.74, 6) is 3.80. The predicted octanol–water partition coefficient (Wildman–Crippen LogP) is 2.54. The zero-order valence-electron chi connectivity index (χ0n) is 13.0. The number of hydrogen-bond acceptors (Lipinski definition) is 4. The fourth-order valence-corrected chi connectivity index (χ4v) is 5.20. The molecule has 0 amide bonds. The smallest absolute Gasteiger partial charge is 0.330 e. The average molecular weight is 306 g/mol. The number of esters is 1. The normalized spacial score (nSPS) is 40.2. The standard InChI is InChI=1S/C18H26O4/c1-3-17(19)21-9-11-5-14-12-7-13(10-22-18(20)4-2)15(8-12)16(14)6-11/h3-4,11-17,19H,1-2,5-10H2. The monoisotopic (exact) mass is 306 g/mol. The van der Waals surface area contributed by atoms with Gasteiger partial charge in [0.2, 0.25) is 0 Å². The lowest BCUT2D eigenvalue weighted by Crippen LogP contribution is -2.28. The third-order valence-corrected chi connectivity index (χ3v) is 6.01. The van der Waals surface area contributed by atoms with Crippen LogP contribution in [0.15, 0.2) is 25.3 Å². The molecule has 0 saturated heterocycles. The Balaban J connectivity index is 1.50. The summed E-state index contributed by atoms with van der Waals surface area (Å²) in [6.07, 6.45) is 6.71. The van der Waals surface area contributed by atoms with E-state index in [9.17, 15) is 9.90 Å². The minimum absolute atomic E-state index is 0.310. The van der Waals surface area contributed by atoms with Crippen molar-refractivity contribution in [2.45, 2.75) is 32.0 Å². The fraction of sp³-hybridized carbons (Fsp3) is 0.722. The molecule has 0 aromatic heterocycles. The summed E-state index contributed by atoms with van der Waals surface area (Å²) in [4.78, 5) is 11.2. The number of carbonyl (C=O) groups excluding carboxylic acids is 1. The minimum atomic E-state index is -0.844. The van der Waals surface area contributed by atoms with Gasteiger partial charge in [0.1, 0.15) is 0 Å². The van der Waals surface area contributed by atoms with E-state index < -0.39 is 6.29 Å². The summed E-state index contributed by atoms with van der Waals surface area (Å²) >= 11 is 0. The van der Waals surface area contributed by atoms with Crippen molar-refractivity contribution in [3.8, 4) is 0 Å². The third kappa shape index (κ3) is 2.99. The molecule has 122 valence electrons. The van der Waals surface area contributed by atoms with Crippen LogP contribution in [0.25, 0.3) is 0 Å². The summed E-state index contributed by atoms with van der Waals surface area (Å²) < 4.78 is 10.7. The van der Waals surface area contributed by atoms with Crippen molar-refractivity contribution in [2.24, 2.45) is 35.5 Å². The van der Waals surface area contributed by atoms with Gasteiger partial charge in [0.05, 0.1) is 13.2 Å². The number of fused-ring (bicyclic) bond motifs is 5. The molecular weight excluding hydrogens is 280 g/mol. The Morgan fingerprint density at radius 2 is 1.91 bits per heavy atom. The van der Waals surface area contributed by atoms with Crippen LogP contribution >= 0.6 is 0 Å². The van der Waals surface area contributed by atoms with E-state index in [0.29, 0.717) is 31.0 Å². The maximum atomic E-state index is 11.2. The van der Waals surface area contributed by atoms with Gasteiger partial charge in [-0.05, 0) is 67.3 Å². The molecule has 7 atom stereocenters. The number of aliphatic hydroxyl groups excluding tert-OH is 1. The summed E-state index contributed by atoms with van der Waals surface area (Å²) in [6.45, 7) is 8.14. The first-order valence-electron chi connectivity index (χ1n) is 8.33. The van der Waals surface area contributed by atoms with Crippen LogP contribution in [0.3, 0.4) is 0 Å². The van der Waals surface area contributed by atoms with Gasteiger partial charge in [0.25, 0.3) is 0 Å². The summed E-state index contributed by atoms with van der Waals surface area (Å²) in [6, 6.07) is 0. The van der Waals surface area contributed by atoms with Crippen molar-refractivity contribution in [1.82, 2.24) is 0 Å². The van der Waals surface area contributed by atoms with Gasteiger partial charge in [-0.3, -0.25) is 0 Å². The van der Waals surface area contributed by atoms with E-state index in [4.69, 9.17) is 9.47 Å². The van der Waals surface area contributed by atoms with Crippen LogP contribution < -0.4 is 0 Å². The Kier molecular flexibility index (Phi) is 4.69. The Hall–Kier alpha value is -1.13. The maximum Gasteiger partial charge on any atom is 0.330 e. The first-order chi connectivity index (χ1) is 10.6. The number of carbonyl (C=O) groups is 1. The average Bonchev–Trinajstić information content (AvgIpc) is 3.20. The Labute approximate surface area is 132 Å². The lowest BCUT2D eigenvalue weighted by Gasteiger charge is -2.31. The van der Waals surface area contributed by atoms with Crippen LogP contribution in [0.5, 0.6) is 0 Å². The van der Waals surface area contributed by atoms with Gasteiger partial charge in [-0.2, -0.15) is 0 Å². The van der Waals surface area contributed by atoms with E-state index >= 15 is 0 Å². The maximum absolute atomic E-state index is 11.2. The topological polar surface area (TPSA) is 55.8 Å². The van der Waals surface area contributed by atoms with Crippen molar-refractivity contribution in [1.29, 1.82) is 0 Å². The van der Waals surface area contributed by atoms with Crippen LogP contribution in [-0.4, -0.2) is 30.6 Å². The molecule has 22 heavy (non-hydrogen) atoms. The molecule has 1 N–H and O–H groups in total. The van der Waals surface area contributed by atoms with Gasteiger partial charge >= 0.3 is 5.97 Å². The lowest BCUT2D eigenvalue weighted by molar-refractivity contribution is -0.139. The van der Waals surface area contributed by atoms with Crippen LogP contribution in [0.2, 0.25) is 0 Å². The van der Waals surface area contributed by atoms with E-state index in [1.807, 2.05) is 0 Å². The molecule has 4 heteroatoms. The number of hydrogen-bond donors (Lipinski definition) is 1. The second-order valence-corrected chi connectivity index (χ2v) is 7.11. The number of aliphatic hydroxyl groups is 1. The first-order valence-corrected chi connectivity index (χ1v) is 8.33. The van der Waals surface area contributed by atoms with E-state index in [1.165, 1.54) is 37.8 Å². The molecule has 0 aromatic rings. The van der Waals surface area contributed by atoms with Crippen molar-refractivity contribution >= 4 is 5.97 Å².